The molecule has 2 heterocycles. The number of benzene rings is 2. The molecule has 4 aromatic rings. The molecule has 0 unspecified atom stereocenters. The molecule has 0 aliphatic heterocycles. The van der Waals surface area contributed by atoms with Crippen LogP contribution in [0.5, 0.6) is 5.75 Å². The topological polar surface area (TPSA) is 118 Å². The maximum absolute atomic E-state index is 13.4. The number of allylic oxidation sites excluding steroid dienone is 1. The molecule has 0 atom stereocenters. The average molecular weight is 404 g/mol. The van der Waals surface area contributed by atoms with Crippen LogP contribution in [0.15, 0.2) is 52.9 Å². The van der Waals surface area contributed by atoms with E-state index in [9.17, 15) is 19.8 Å². The molecule has 0 bridgehead atoms. The summed E-state index contributed by atoms with van der Waals surface area (Å²) in [6.07, 6.45) is 1.50. The molecule has 0 amide bonds. The molecule has 148 valence electrons. The van der Waals surface area contributed by atoms with Gasteiger partial charge in [-0.25, -0.2) is 9.37 Å². The summed E-state index contributed by atoms with van der Waals surface area (Å²) >= 11 is 0. The number of hydrogen-bond acceptors (Lipinski definition) is 6. The van der Waals surface area contributed by atoms with E-state index in [1.807, 2.05) is 6.07 Å². The fraction of sp³-hybridized carbons (Fsp3) is 0.0476. The number of hydrogen-bond donors (Lipinski definition) is 1. The summed E-state index contributed by atoms with van der Waals surface area (Å²) in [5.74, 6) is 0.941. The summed E-state index contributed by atoms with van der Waals surface area (Å²) < 4.78 is 24.4. The van der Waals surface area contributed by atoms with Gasteiger partial charge in [-0.2, -0.15) is 5.26 Å². The zero-order valence-corrected chi connectivity index (χ0v) is 15.5. The normalized spacial score (nSPS) is 11.4. The van der Waals surface area contributed by atoms with Crippen LogP contribution in [0.2, 0.25) is 0 Å². The van der Waals surface area contributed by atoms with Crippen LogP contribution in [0.1, 0.15) is 11.6 Å². The van der Waals surface area contributed by atoms with Crippen molar-refractivity contribution >= 4 is 28.4 Å². The molecular weight excluding hydrogens is 391 g/mol. The number of nitrogens with one attached hydrogen (secondary N) is 1. The second kappa shape index (κ2) is 7.52. The van der Waals surface area contributed by atoms with Crippen molar-refractivity contribution < 1.29 is 18.5 Å². The van der Waals surface area contributed by atoms with Crippen LogP contribution in [0, 0.1) is 27.3 Å². The van der Waals surface area contributed by atoms with Crippen LogP contribution >= 0.6 is 0 Å². The Kier molecular flexibility index (Phi) is 4.74. The number of nitro benzene ring substituents is 1. The van der Waals surface area contributed by atoms with E-state index >= 15 is 0 Å². The average Bonchev–Trinajstić information content (AvgIpc) is 3.37. The first-order chi connectivity index (χ1) is 14.5. The smallest absolute Gasteiger partial charge is 0.273 e. The maximum Gasteiger partial charge on any atom is 0.273 e. The van der Waals surface area contributed by atoms with E-state index in [1.165, 1.54) is 49.6 Å². The van der Waals surface area contributed by atoms with E-state index in [0.29, 0.717) is 28.1 Å². The van der Waals surface area contributed by atoms with E-state index in [4.69, 9.17) is 9.15 Å². The summed E-state index contributed by atoms with van der Waals surface area (Å²) in [5.41, 5.74) is 1.63. The number of aromatic amines is 1. The molecule has 0 saturated carbocycles. The Morgan fingerprint density at radius 1 is 1.30 bits per heavy atom. The molecule has 1 N–H and O–H groups in total. The van der Waals surface area contributed by atoms with Gasteiger partial charge >= 0.3 is 0 Å². The Morgan fingerprint density at radius 3 is 2.87 bits per heavy atom. The highest BCUT2D eigenvalue weighted by Crippen LogP contribution is 2.34. The predicted molar refractivity (Wildman–Crippen MR) is 107 cm³/mol. The van der Waals surface area contributed by atoms with Gasteiger partial charge in [-0.3, -0.25) is 10.1 Å². The number of rotatable bonds is 5. The largest absolute Gasteiger partial charge is 0.496 e. The minimum Gasteiger partial charge on any atom is -0.496 e. The van der Waals surface area contributed by atoms with E-state index < -0.39 is 10.7 Å². The summed E-state index contributed by atoms with van der Waals surface area (Å²) in [6.45, 7) is 0. The summed E-state index contributed by atoms with van der Waals surface area (Å²) in [7, 11) is 1.41. The van der Waals surface area contributed by atoms with Crippen molar-refractivity contribution in [2.24, 2.45) is 0 Å². The number of nitriles is 1. The molecule has 0 radical (unpaired) electrons. The third-order valence-corrected chi connectivity index (χ3v) is 4.39. The molecule has 0 aliphatic carbocycles. The number of nitro groups is 1. The van der Waals surface area contributed by atoms with Crippen LogP contribution < -0.4 is 4.74 Å². The summed E-state index contributed by atoms with van der Waals surface area (Å²) in [4.78, 5) is 17.7. The fourth-order valence-corrected chi connectivity index (χ4v) is 2.98. The Balaban J connectivity index is 1.70. The van der Waals surface area contributed by atoms with Gasteiger partial charge < -0.3 is 14.1 Å². The molecular formula is C21H13FN4O4. The molecule has 2 aromatic carbocycles. The lowest BCUT2D eigenvalue weighted by molar-refractivity contribution is -0.384. The van der Waals surface area contributed by atoms with Crippen LogP contribution in [0.25, 0.3) is 34.0 Å². The number of furan rings is 1. The number of ether oxygens (including phenoxy) is 1. The molecule has 4 rings (SSSR count). The van der Waals surface area contributed by atoms with E-state index in [2.05, 4.69) is 9.97 Å². The molecule has 0 fully saturated rings. The minimum atomic E-state index is -0.513. The van der Waals surface area contributed by atoms with Crippen LogP contribution in [0.3, 0.4) is 0 Å². The number of imidazole rings is 1. The minimum absolute atomic E-state index is 0.102. The van der Waals surface area contributed by atoms with Gasteiger partial charge in [0, 0.05) is 12.1 Å². The molecule has 2 aromatic heterocycles. The first kappa shape index (κ1) is 18.9. The number of methoxy groups -OCH3 is 1. The fourth-order valence-electron chi connectivity index (χ4n) is 2.98. The van der Waals surface area contributed by atoms with Gasteiger partial charge in [-0.1, -0.05) is 0 Å². The molecule has 9 heteroatoms. The second-order valence-electron chi connectivity index (χ2n) is 6.26. The van der Waals surface area contributed by atoms with Gasteiger partial charge in [-0.15, -0.1) is 0 Å². The first-order valence-electron chi connectivity index (χ1n) is 8.68. The Labute approximate surface area is 169 Å². The molecule has 30 heavy (non-hydrogen) atoms. The molecule has 0 aliphatic rings. The van der Waals surface area contributed by atoms with Crippen molar-refractivity contribution in [3.05, 3.63) is 76.0 Å². The van der Waals surface area contributed by atoms with Gasteiger partial charge in [0.15, 0.2) is 0 Å². The van der Waals surface area contributed by atoms with Crippen molar-refractivity contribution in [2.75, 3.05) is 7.11 Å². The maximum atomic E-state index is 13.4. The number of fused-ring (bicyclic) bond motifs is 1. The van der Waals surface area contributed by atoms with Crippen molar-refractivity contribution in [3.8, 4) is 23.1 Å². The first-order valence-corrected chi connectivity index (χ1v) is 8.68. The Morgan fingerprint density at radius 2 is 2.13 bits per heavy atom. The van der Waals surface area contributed by atoms with Gasteiger partial charge in [0.25, 0.3) is 5.69 Å². The number of H-pyrrole nitrogens is 1. The standard InChI is InChI=1S/C21H13FN4O4/c1-29-20-10-14(26(27)28)3-5-16(20)19-7-4-15(30-19)8-12(11-23)21-24-17-6-2-13(22)9-18(17)25-21/h2-10H,1H3,(H,24,25)/b12-8-. The van der Waals surface area contributed by atoms with Crippen LogP contribution in [0.4, 0.5) is 10.1 Å². The van der Waals surface area contributed by atoms with E-state index in [-0.39, 0.29) is 22.8 Å². The predicted octanol–water partition coefficient (Wildman–Crippen LogP) is 4.94. The third-order valence-electron chi connectivity index (χ3n) is 4.39. The number of nitrogens with zero attached hydrogens (tertiary/aromatic N) is 3. The summed E-state index contributed by atoms with van der Waals surface area (Å²) in [6, 6.07) is 13.7. The van der Waals surface area contributed by atoms with Gasteiger partial charge in [0.05, 0.1) is 40.3 Å². The Bertz CT molecular complexity index is 1350. The van der Waals surface area contributed by atoms with Crippen LogP contribution in [-0.2, 0) is 0 Å². The number of aromatic nitrogens is 2. The quantitative estimate of drug-likeness (QED) is 0.286. The zero-order valence-electron chi connectivity index (χ0n) is 15.5. The van der Waals surface area contributed by atoms with Gasteiger partial charge in [0.2, 0.25) is 0 Å². The molecule has 8 nitrogen and oxygen atoms in total. The number of non-ortho nitro benzene ring substituents is 1. The lowest BCUT2D eigenvalue weighted by Gasteiger charge is -2.05. The van der Waals surface area contributed by atoms with Gasteiger partial charge in [0.1, 0.15) is 35.0 Å². The zero-order chi connectivity index (χ0) is 21.3. The van der Waals surface area contributed by atoms with E-state index in [0.717, 1.165) is 0 Å². The van der Waals surface area contributed by atoms with E-state index in [1.54, 1.807) is 12.1 Å². The lowest BCUT2D eigenvalue weighted by Crippen LogP contribution is -1.92. The van der Waals surface area contributed by atoms with Crippen molar-refractivity contribution in [3.63, 3.8) is 0 Å². The second-order valence-corrected chi connectivity index (χ2v) is 6.26. The number of halogens is 1. The lowest BCUT2D eigenvalue weighted by atomic mass is 10.1. The highest BCUT2D eigenvalue weighted by molar-refractivity contribution is 5.89. The van der Waals surface area contributed by atoms with Crippen molar-refractivity contribution in [1.82, 2.24) is 9.97 Å². The monoisotopic (exact) mass is 404 g/mol. The molecule has 0 saturated heterocycles. The van der Waals surface area contributed by atoms with Gasteiger partial charge in [-0.05, 0) is 36.4 Å². The highest BCUT2D eigenvalue weighted by atomic mass is 19.1. The van der Waals surface area contributed by atoms with Crippen molar-refractivity contribution in [2.45, 2.75) is 0 Å². The SMILES string of the molecule is COc1cc([N+](=O)[O-])ccc1-c1ccc(/C=C(/C#N)c2nc3ccc(F)cc3[nH]2)o1. The molecule has 0 spiro atoms. The van der Waals surface area contributed by atoms with Crippen molar-refractivity contribution in [1.29, 1.82) is 5.26 Å². The summed E-state index contributed by atoms with van der Waals surface area (Å²) in [5, 5.41) is 20.5. The third kappa shape index (κ3) is 3.49. The highest BCUT2D eigenvalue weighted by Gasteiger charge is 2.16. The van der Waals surface area contributed by atoms with Crippen LogP contribution in [-0.4, -0.2) is 22.0 Å². The Hall–Kier alpha value is -4.45.